The van der Waals surface area contributed by atoms with Gasteiger partial charge < -0.3 is 0 Å². The highest BCUT2D eigenvalue weighted by molar-refractivity contribution is 5.82. The maximum Gasteiger partial charge on any atom is 0.136 e. The molecule has 3 aliphatic rings. The lowest BCUT2D eigenvalue weighted by Gasteiger charge is -2.42. The molecular weight excluding hydrogens is 258 g/mol. The molecule has 120 valence electrons. The van der Waals surface area contributed by atoms with Gasteiger partial charge in [0.1, 0.15) is 5.78 Å². The molecule has 2 heteroatoms. The number of nitrogens with zero attached hydrogens (tertiary/aromatic N) is 1. The lowest BCUT2D eigenvalue weighted by molar-refractivity contribution is -0.121. The van der Waals surface area contributed by atoms with Gasteiger partial charge in [0.15, 0.2) is 0 Å². The van der Waals surface area contributed by atoms with Crippen LogP contribution in [0.15, 0.2) is 0 Å². The molecule has 3 aliphatic carbocycles. The summed E-state index contributed by atoms with van der Waals surface area (Å²) >= 11 is 0. The first-order chi connectivity index (χ1) is 10.3. The Kier molecular flexibility index (Phi) is 5.74. The number of carbonyl (C=O) groups excluding carboxylic acids is 1. The van der Waals surface area contributed by atoms with Crippen LogP contribution in [0.25, 0.3) is 0 Å². The number of hydrogen-bond acceptors (Lipinski definition) is 2. The van der Waals surface area contributed by atoms with E-state index >= 15 is 0 Å². The highest BCUT2D eigenvalue weighted by atomic mass is 16.1. The molecule has 3 rings (SSSR count). The van der Waals surface area contributed by atoms with E-state index in [0.717, 1.165) is 31.3 Å². The summed E-state index contributed by atoms with van der Waals surface area (Å²) in [7, 11) is 0. The molecule has 0 radical (unpaired) electrons. The molecule has 0 amide bonds. The van der Waals surface area contributed by atoms with Crippen LogP contribution >= 0.6 is 0 Å². The van der Waals surface area contributed by atoms with Gasteiger partial charge in [0.25, 0.3) is 0 Å². The molecule has 0 bridgehead atoms. The van der Waals surface area contributed by atoms with Gasteiger partial charge in [-0.3, -0.25) is 9.69 Å². The standard InChI is InChI=1S/C19H33NO/c21-19-13-7-8-16(19)14-15-20(17-9-3-1-4-10-17)18-11-5-2-6-12-18/h16-18H,1-15H2. The monoisotopic (exact) mass is 291 g/mol. The molecular formula is C19H33NO. The van der Waals surface area contributed by atoms with Crippen molar-refractivity contribution in [3.8, 4) is 0 Å². The molecule has 2 nitrogen and oxygen atoms in total. The number of ketones is 1. The van der Waals surface area contributed by atoms with Crippen molar-refractivity contribution in [2.45, 2.75) is 102 Å². The van der Waals surface area contributed by atoms with Crippen molar-refractivity contribution in [2.75, 3.05) is 6.54 Å². The minimum Gasteiger partial charge on any atom is -0.299 e. The molecule has 0 aliphatic heterocycles. The summed E-state index contributed by atoms with van der Waals surface area (Å²) in [4.78, 5) is 14.8. The van der Waals surface area contributed by atoms with Gasteiger partial charge in [0.05, 0.1) is 0 Å². The maximum atomic E-state index is 11.9. The molecule has 3 saturated carbocycles. The number of carbonyl (C=O) groups is 1. The second-order valence-corrected chi connectivity index (χ2v) is 7.67. The largest absolute Gasteiger partial charge is 0.299 e. The quantitative estimate of drug-likeness (QED) is 0.731. The third-order valence-electron chi connectivity index (χ3n) is 6.25. The molecule has 1 unspecified atom stereocenters. The van der Waals surface area contributed by atoms with Crippen LogP contribution in [0.5, 0.6) is 0 Å². The van der Waals surface area contributed by atoms with Crippen LogP contribution in [-0.2, 0) is 4.79 Å². The SMILES string of the molecule is O=C1CCCC1CCN(C1CCCCC1)C1CCCCC1. The summed E-state index contributed by atoms with van der Waals surface area (Å²) in [6.07, 6.45) is 18.6. The summed E-state index contributed by atoms with van der Waals surface area (Å²) in [6.45, 7) is 1.20. The fourth-order valence-electron chi connectivity index (χ4n) is 4.99. The molecule has 0 saturated heterocycles. The van der Waals surface area contributed by atoms with E-state index < -0.39 is 0 Å². The third-order valence-corrected chi connectivity index (χ3v) is 6.25. The molecule has 0 aromatic heterocycles. The highest BCUT2D eigenvalue weighted by Crippen LogP contribution is 2.32. The summed E-state index contributed by atoms with van der Waals surface area (Å²) in [5, 5.41) is 0. The Bertz CT molecular complexity index is 310. The second kappa shape index (κ2) is 7.76. The van der Waals surface area contributed by atoms with Gasteiger partial charge in [-0.1, -0.05) is 38.5 Å². The lowest BCUT2D eigenvalue weighted by Crippen LogP contribution is -2.46. The Labute approximate surface area is 130 Å². The van der Waals surface area contributed by atoms with E-state index in [1.807, 2.05) is 0 Å². The predicted molar refractivity (Wildman–Crippen MR) is 87.4 cm³/mol. The molecule has 0 spiro atoms. The van der Waals surface area contributed by atoms with E-state index in [4.69, 9.17) is 0 Å². The number of Topliss-reactive ketones (excluding diaryl/α,β-unsaturated/α-hetero) is 1. The van der Waals surface area contributed by atoms with E-state index in [1.165, 1.54) is 77.2 Å². The Morgan fingerprint density at radius 1 is 0.762 bits per heavy atom. The van der Waals surface area contributed by atoms with Crippen LogP contribution in [0.3, 0.4) is 0 Å². The van der Waals surface area contributed by atoms with Crippen molar-refractivity contribution >= 4 is 5.78 Å². The summed E-state index contributed by atoms with van der Waals surface area (Å²) in [5.74, 6) is 0.960. The average molecular weight is 291 g/mol. The lowest BCUT2D eigenvalue weighted by atomic mass is 9.88. The van der Waals surface area contributed by atoms with Gasteiger partial charge in [-0.2, -0.15) is 0 Å². The Morgan fingerprint density at radius 2 is 1.33 bits per heavy atom. The molecule has 0 aromatic carbocycles. The van der Waals surface area contributed by atoms with E-state index in [2.05, 4.69) is 4.90 Å². The zero-order valence-corrected chi connectivity index (χ0v) is 13.7. The van der Waals surface area contributed by atoms with Crippen molar-refractivity contribution in [2.24, 2.45) is 5.92 Å². The second-order valence-electron chi connectivity index (χ2n) is 7.67. The third kappa shape index (κ3) is 4.09. The van der Waals surface area contributed by atoms with E-state index in [0.29, 0.717) is 11.7 Å². The Hall–Kier alpha value is -0.370. The van der Waals surface area contributed by atoms with E-state index in [9.17, 15) is 4.79 Å². The number of hydrogen-bond donors (Lipinski definition) is 0. The summed E-state index contributed by atoms with van der Waals surface area (Å²) in [5.41, 5.74) is 0. The average Bonchev–Trinajstić information content (AvgIpc) is 2.95. The first kappa shape index (κ1) is 15.5. The van der Waals surface area contributed by atoms with Crippen LogP contribution < -0.4 is 0 Å². The van der Waals surface area contributed by atoms with Crippen molar-refractivity contribution in [1.29, 1.82) is 0 Å². The van der Waals surface area contributed by atoms with Crippen LogP contribution in [0.4, 0.5) is 0 Å². The zero-order chi connectivity index (χ0) is 14.5. The first-order valence-electron chi connectivity index (χ1n) is 9.63. The van der Waals surface area contributed by atoms with Gasteiger partial charge in [-0.05, 0) is 51.5 Å². The van der Waals surface area contributed by atoms with Crippen LogP contribution in [0.1, 0.15) is 89.9 Å². The summed E-state index contributed by atoms with van der Waals surface area (Å²) < 4.78 is 0. The van der Waals surface area contributed by atoms with Gasteiger partial charge in [-0.25, -0.2) is 0 Å². The normalized spacial score (nSPS) is 29.4. The fraction of sp³-hybridized carbons (Fsp3) is 0.947. The van der Waals surface area contributed by atoms with Crippen LogP contribution in [-0.4, -0.2) is 29.3 Å². The minimum absolute atomic E-state index is 0.402. The van der Waals surface area contributed by atoms with E-state index in [-0.39, 0.29) is 0 Å². The van der Waals surface area contributed by atoms with Crippen LogP contribution in [0.2, 0.25) is 0 Å². The van der Waals surface area contributed by atoms with Crippen molar-refractivity contribution in [3.05, 3.63) is 0 Å². The Morgan fingerprint density at radius 3 is 1.81 bits per heavy atom. The topological polar surface area (TPSA) is 20.3 Å². The highest BCUT2D eigenvalue weighted by Gasteiger charge is 2.31. The zero-order valence-electron chi connectivity index (χ0n) is 13.7. The first-order valence-corrected chi connectivity index (χ1v) is 9.63. The molecule has 21 heavy (non-hydrogen) atoms. The van der Waals surface area contributed by atoms with Crippen molar-refractivity contribution < 1.29 is 4.79 Å². The summed E-state index contributed by atoms with van der Waals surface area (Å²) in [6, 6.07) is 1.66. The fourth-order valence-corrected chi connectivity index (χ4v) is 4.99. The Balaban J connectivity index is 1.58. The van der Waals surface area contributed by atoms with Crippen LogP contribution in [0, 0.1) is 5.92 Å². The predicted octanol–water partition coefficient (Wildman–Crippen LogP) is 4.71. The van der Waals surface area contributed by atoms with E-state index in [1.54, 1.807) is 0 Å². The number of rotatable bonds is 5. The maximum absolute atomic E-state index is 11.9. The van der Waals surface area contributed by atoms with Gasteiger partial charge in [0, 0.05) is 24.4 Å². The smallest absolute Gasteiger partial charge is 0.136 e. The van der Waals surface area contributed by atoms with Gasteiger partial charge in [-0.15, -0.1) is 0 Å². The molecule has 3 fully saturated rings. The molecule has 0 heterocycles. The molecule has 0 aromatic rings. The van der Waals surface area contributed by atoms with Gasteiger partial charge >= 0.3 is 0 Å². The van der Waals surface area contributed by atoms with Crippen molar-refractivity contribution in [1.82, 2.24) is 4.90 Å². The molecule has 0 N–H and O–H groups in total. The van der Waals surface area contributed by atoms with Crippen molar-refractivity contribution in [3.63, 3.8) is 0 Å². The minimum atomic E-state index is 0.402. The molecule has 1 atom stereocenters. The van der Waals surface area contributed by atoms with Gasteiger partial charge in [0.2, 0.25) is 0 Å².